The number of aliphatic hydroxyl groups excluding tert-OH is 1. The molecule has 2 atom stereocenters. The Morgan fingerprint density at radius 2 is 2.06 bits per heavy atom. The Bertz CT molecular complexity index is 390. The largest absolute Gasteiger partial charge is 0.488 e. The first kappa shape index (κ1) is 13.0. The van der Waals surface area contributed by atoms with E-state index in [-0.39, 0.29) is 11.7 Å². The zero-order valence-corrected chi connectivity index (χ0v) is 10.6. The SMILES string of the molecule is CC(O)C(C)Oc1ccc(Br)c(C(=O)O)c1. The van der Waals surface area contributed by atoms with Gasteiger partial charge in [-0.2, -0.15) is 0 Å². The molecule has 0 fully saturated rings. The van der Waals surface area contributed by atoms with Gasteiger partial charge in [0.1, 0.15) is 11.9 Å². The van der Waals surface area contributed by atoms with Crippen molar-refractivity contribution in [2.24, 2.45) is 0 Å². The molecule has 0 aromatic heterocycles. The van der Waals surface area contributed by atoms with Crippen LogP contribution in [0.2, 0.25) is 0 Å². The van der Waals surface area contributed by atoms with Crippen molar-refractivity contribution in [2.45, 2.75) is 26.1 Å². The molecule has 88 valence electrons. The molecule has 0 aliphatic carbocycles. The lowest BCUT2D eigenvalue weighted by Gasteiger charge is -2.17. The average molecular weight is 289 g/mol. The van der Waals surface area contributed by atoms with Gasteiger partial charge < -0.3 is 14.9 Å². The first-order valence-electron chi connectivity index (χ1n) is 4.79. The maximum Gasteiger partial charge on any atom is 0.336 e. The number of aliphatic hydroxyl groups is 1. The summed E-state index contributed by atoms with van der Waals surface area (Å²) in [4.78, 5) is 10.9. The number of carbonyl (C=O) groups is 1. The lowest BCUT2D eigenvalue weighted by Crippen LogP contribution is -2.25. The monoisotopic (exact) mass is 288 g/mol. The predicted octanol–water partition coefficient (Wildman–Crippen LogP) is 2.30. The summed E-state index contributed by atoms with van der Waals surface area (Å²) >= 11 is 3.14. The number of hydrogen-bond acceptors (Lipinski definition) is 3. The van der Waals surface area contributed by atoms with Gasteiger partial charge in [-0.1, -0.05) is 0 Å². The second-order valence-electron chi connectivity index (χ2n) is 3.51. The molecule has 0 bridgehead atoms. The molecule has 2 unspecified atom stereocenters. The zero-order chi connectivity index (χ0) is 12.3. The smallest absolute Gasteiger partial charge is 0.336 e. The topological polar surface area (TPSA) is 66.8 Å². The van der Waals surface area contributed by atoms with Crippen molar-refractivity contribution in [2.75, 3.05) is 0 Å². The van der Waals surface area contributed by atoms with E-state index in [9.17, 15) is 9.90 Å². The summed E-state index contributed by atoms with van der Waals surface area (Å²) in [6.45, 7) is 3.33. The highest BCUT2D eigenvalue weighted by Gasteiger charge is 2.13. The second-order valence-corrected chi connectivity index (χ2v) is 4.36. The quantitative estimate of drug-likeness (QED) is 0.892. The molecule has 0 heterocycles. The van der Waals surface area contributed by atoms with Gasteiger partial charge >= 0.3 is 5.97 Å². The van der Waals surface area contributed by atoms with Crippen molar-refractivity contribution < 1.29 is 19.7 Å². The minimum Gasteiger partial charge on any atom is -0.488 e. The molecular formula is C11H13BrO4. The third-order valence-corrected chi connectivity index (χ3v) is 2.86. The van der Waals surface area contributed by atoms with Crippen LogP contribution in [0.4, 0.5) is 0 Å². The van der Waals surface area contributed by atoms with Crippen LogP contribution < -0.4 is 4.74 Å². The number of rotatable bonds is 4. The Morgan fingerprint density at radius 3 is 2.56 bits per heavy atom. The van der Waals surface area contributed by atoms with Crippen molar-refractivity contribution in [3.63, 3.8) is 0 Å². The Labute approximate surface area is 102 Å². The molecular weight excluding hydrogens is 276 g/mol. The van der Waals surface area contributed by atoms with Gasteiger partial charge in [0.2, 0.25) is 0 Å². The summed E-state index contributed by atoms with van der Waals surface area (Å²) < 4.78 is 5.88. The van der Waals surface area contributed by atoms with Crippen LogP contribution in [0, 0.1) is 0 Å². The van der Waals surface area contributed by atoms with Crippen molar-refractivity contribution in [3.8, 4) is 5.75 Å². The molecule has 2 N–H and O–H groups in total. The van der Waals surface area contributed by atoms with E-state index in [0.29, 0.717) is 10.2 Å². The van der Waals surface area contributed by atoms with Crippen molar-refractivity contribution in [1.82, 2.24) is 0 Å². The lowest BCUT2D eigenvalue weighted by molar-refractivity contribution is 0.0600. The summed E-state index contributed by atoms with van der Waals surface area (Å²) in [5.41, 5.74) is 0.135. The number of hydrogen-bond donors (Lipinski definition) is 2. The molecule has 1 rings (SSSR count). The molecule has 0 saturated heterocycles. The van der Waals surface area contributed by atoms with Crippen LogP contribution in [-0.2, 0) is 0 Å². The molecule has 0 aliphatic heterocycles. The molecule has 5 heteroatoms. The van der Waals surface area contributed by atoms with Crippen molar-refractivity contribution >= 4 is 21.9 Å². The minimum atomic E-state index is -1.03. The first-order chi connectivity index (χ1) is 7.41. The summed E-state index contributed by atoms with van der Waals surface area (Å²) in [6, 6.07) is 4.67. The fourth-order valence-corrected chi connectivity index (χ4v) is 1.47. The minimum absolute atomic E-state index is 0.135. The molecule has 16 heavy (non-hydrogen) atoms. The van der Waals surface area contributed by atoms with Gasteiger partial charge in [-0.25, -0.2) is 4.79 Å². The highest BCUT2D eigenvalue weighted by atomic mass is 79.9. The number of benzene rings is 1. The van der Waals surface area contributed by atoms with Crippen LogP contribution in [0.5, 0.6) is 5.75 Å². The van der Waals surface area contributed by atoms with Crippen molar-refractivity contribution in [3.05, 3.63) is 28.2 Å². The summed E-state index contributed by atoms with van der Waals surface area (Å²) in [7, 11) is 0. The van der Waals surface area contributed by atoms with Gasteiger partial charge in [-0.3, -0.25) is 0 Å². The normalized spacial score (nSPS) is 14.2. The molecule has 0 radical (unpaired) electrons. The van der Waals surface area contributed by atoms with Crippen LogP contribution in [0.1, 0.15) is 24.2 Å². The second kappa shape index (κ2) is 5.32. The average Bonchev–Trinajstić information content (AvgIpc) is 2.20. The van der Waals surface area contributed by atoms with E-state index in [1.54, 1.807) is 26.0 Å². The molecule has 4 nitrogen and oxygen atoms in total. The zero-order valence-electron chi connectivity index (χ0n) is 8.98. The first-order valence-corrected chi connectivity index (χ1v) is 5.58. The van der Waals surface area contributed by atoms with E-state index < -0.39 is 12.1 Å². The van der Waals surface area contributed by atoms with Crippen LogP contribution in [0.3, 0.4) is 0 Å². The van der Waals surface area contributed by atoms with Crippen LogP contribution >= 0.6 is 15.9 Å². The van der Waals surface area contributed by atoms with Crippen molar-refractivity contribution in [1.29, 1.82) is 0 Å². The van der Waals surface area contributed by atoms with E-state index in [4.69, 9.17) is 9.84 Å². The van der Waals surface area contributed by atoms with E-state index in [2.05, 4.69) is 15.9 Å². The van der Waals surface area contributed by atoms with Gasteiger partial charge in [0.05, 0.1) is 11.7 Å². The predicted molar refractivity (Wildman–Crippen MR) is 62.9 cm³/mol. The van der Waals surface area contributed by atoms with Crippen LogP contribution in [-0.4, -0.2) is 28.4 Å². The fourth-order valence-electron chi connectivity index (χ4n) is 1.05. The van der Waals surface area contributed by atoms with Gasteiger partial charge in [-0.15, -0.1) is 0 Å². The Balaban J connectivity index is 2.91. The van der Waals surface area contributed by atoms with E-state index >= 15 is 0 Å². The molecule has 0 spiro atoms. The standard InChI is InChI=1S/C11H13BrO4/c1-6(13)7(2)16-8-3-4-10(12)9(5-8)11(14)15/h3-7,13H,1-2H3,(H,14,15). The summed E-state index contributed by atoms with van der Waals surface area (Å²) in [5, 5.41) is 18.2. The molecule has 1 aromatic carbocycles. The lowest BCUT2D eigenvalue weighted by atomic mass is 10.2. The third-order valence-electron chi connectivity index (χ3n) is 2.17. The molecule has 0 saturated carbocycles. The van der Waals surface area contributed by atoms with Gasteiger partial charge in [0.15, 0.2) is 0 Å². The number of carboxylic acids is 1. The Kier molecular flexibility index (Phi) is 4.32. The molecule has 1 aromatic rings. The molecule has 0 aliphatic rings. The van der Waals surface area contributed by atoms with E-state index in [1.165, 1.54) is 6.07 Å². The van der Waals surface area contributed by atoms with Crippen LogP contribution in [0.15, 0.2) is 22.7 Å². The van der Waals surface area contributed by atoms with Gasteiger partial charge in [0.25, 0.3) is 0 Å². The summed E-state index contributed by atoms with van der Waals surface area (Å²) in [6.07, 6.45) is -1.00. The number of ether oxygens (including phenoxy) is 1. The fraction of sp³-hybridized carbons (Fsp3) is 0.364. The highest BCUT2D eigenvalue weighted by molar-refractivity contribution is 9.10. The van der Waals surface area contributed by atoms with Crippen LogP contribution in [0.25, 0.3) is 0 Å². The Morgan fingerprint density at radius 1 is 1.44 bits per heavy atom. The van der Waals surface area contributed by atoms with Gasteiger partial charge in [0, 0.05) is 4.47 Å². The van der Waals surface area contributed by atoms with E-state index in [0.717, 1.165) is 0 Å². The number of carboxylic acid groups (broad SMARTS) is 1. The van der Waals surface area contributed by atoms with E-state index in [1.807, 2.05) is 0 Å². The number of halogens is 1. The maximum atomic E-state index is 10.9. The summed E-state index contributed by atoms with van der Waals surface area (Å²) in [5.74, 6) is -0.601. The van der Waals surface area contributed by atoms with Gasteiger partial charge in [-0.05, 0) is 48.0 Å². The maximum absolute atomic E-state index is 10.9. The molecule has 0 amide bonds. The number of aromatic carboxylic acids is 1. The highest BCUT2D eigenvalue weighted by Crippen LogP contribution is 2.23. The third kappa shape index (κ3) is 3.21. The Hall–Kier alpha value is -1.07.